The van der Waals surface area contributed by atoms with Crippen LogP contribution in [0.5, 0.6) is 0 Å². The fraction of sp³-hybridized carbons (Fsp3) is 0.625. The molecule has 0 aliphatic rings. The predicted octanol–water partition coefficient (Wildman–Crippen LogP) is 4.51. The molecule has 0 amide bonds. The first kappa shape index (κ1) is 15.6. The largest absolute Gasteiger partial charge is 0.310 e. The van der Waals surface area contributed by atoms with Crippen LogP contribution >= 0.6 is 11.8 Å². The number of rotatable bonds is 9. The zero-order chi connectivity index (χ0) is 13.2. The molecule has 0 aromatic heterocycles. The third-order valence-corrected chi connectivity index (χ3v) is 4.05. The van der Waals surface area contributed by atoms with E-state index in [1.807, 2.05) is 11.8 Å². The van der Waals surface area contributed by atoms with Gasteiger partial charge in [0.25, 0.3) is 0 Å². The van der Waals surface area contributed by atoms with Gasteiger partial charge in [0, 0.05) is 6.04 Å². The molecule has 0 aliphatic carbocycles. The van der Waals surface area contributed by atoms with E-state index < -0.39 is 0 Å². The topological polar surface area (TPSA) is 12.0 Å². The zero-order valence-corrected chi connectivity index (χ0v) is 12.8. The first-order chi connectivity index (χ1) is 8.79. The molecule has 0 spiro atoms. The van der Waals surface area contributed by atoms with Gasteiger partial charge < -0.3 is 5.32 Å². The highest BCUT2D eigenvalue weighted by Gasteiger charge is 2.17. The maximum Gasteiger partial charge on any atom is 0.0346 e. The van der Waals surface area contributed by atoms with Gasteiger partial charge in [-0.2, -0.15) is 11.8 Å². The van der Waals surface area contributed by atoms with E-state index in [0.717, 1.165) is 6.54 Å². The first-order valence-electron chi connectivity index (χ1n) is 7.06. The molecule has 0 saturated heterocycles. The van der Waals surface area contributed by atoms with Crippen molar-refractivity contribution in [2.24, 2.45) is 5.92 Å². The third-order valence-electron chi connectivity index (χ3n) is 3.35. The molecule has 0 radical (unpaired) electrons. The fourth-order valence-corrected chi connectivity index (χ4v) is 2.78. The van der Waals surface area contributed by atoms with Crippen LogP contribution in [-0.4, -0.2) is 18.6 Å². The molecule has 1 aromatic rings. The first-order valence-corrected chi connectivity index (χ1v) is 8.46. The van der Waals surface area contributed by atoms with E-state index in [2.05, 4.69) is 55.8 Å². The van der Waals surface area contributed by atoms with Crippen molar-refractivity contribution in [1.29, 1.82) is 0 Å². The van der Waals surface area contributed by atoms with Gasteiger partial charge in [-0.3, -0.25) is 0 Å². The molecule has 102 valence electrons. The summed E-state index contributed by atoms with van der Waals surface area (Å²) in [7, 11) is 0. The van der Waals surface area contributed by atoms with Crippen molar-refractivity contribution in [3.8, 4) is 0 Å². The van der Waals surface area contributed by atoms with E-state index in [9.17, 15) is 0 Å². The van der Waals surface area contributed by atoms with E-state index in [4.69, 9.17) is 0 Å². The normalized spacial score (nSPS) is 14.4. The highest BCUT2D eigenvalue weighted by molar-refractivity contribution is 7.98. The number of benzene rings is 1. The Morgan fingerprint density at radius 3 is 2.56 bits per heavy atom. The summed E-state index contributed by atoms with van der Waals surface area (Å²) in [5, 5.41) is 3.71. The molecule has 1 nitrogen and oxygen atoms in total. The van der Waals surface area contributed by atoms with Gasteiger partial charge in [0.1, 0.15) is 0 Å². The third kappa shape index (κ3) is 5.45. The lowest BCUT2D eigenvalue weighted by atomic mass is 9.91. The van der Waals surface area contributed by atoms with Gasteiger partial charge in [-0.1, -0.05) is 44.2 Å². The quantitative estimate of drug-likeness (QED) is 0.659. The molecular formula is C16H27NS. The van der Waals surface area contributed by atoms with Crippen molar-refractivity contribution in [2.75, 3.05) is 18.6 Å². The van der Waals surface area contributed by atoms with Crippen LogP contribution in [0.3, 0.4) is 0 Å². The van der Waals surface area contributed by atoms with Gasteiger partial charge in [-0.15, -0.1) is 0 Å². The molecular weight excluding hydrogens is 238 g/mol. The second-order valence-electron chi connectivity index (χ2n) is 4.95. The summed E-state index contributed by atoms with van der Waals surface area (Å²) >= 11 is 1.95. The van der Waals surface area contributed by atoms with E-state index >= 15 is 0 Å². The van der Waals surface area contributed by atoms with Crippen LogP contribution in [0, 0.1) is 5.92 Å². The van der Waals surface area contributed by atoms with Crippen molar-refractivity contribution in [2.45, 2.75) is 39.2 Å². The van der Waals surface area contributed by atoms with Crippen LogP contribution in [0.2, 0.25) is 0 Å². The highest BCUT2D eigenvalue weighted by Crippen LogP contribution is 2.25. The smallest absolute Gasteiger partial charge is 0.0346 e. The molecule has 1 aromatic carbocycles. The SMILES string of the molecule is CCCNC(c1ccccc1)C(C)CCCSC. The van der Waals surface area contributed by atoms with Crippen LogP contribution in [0.15, 0.2) is 30.3 Å². The maximum absolute atomic E-state index is 3.71. The Morgan fingerprint density at radius 2 is 1.94 bits per heavy atom. The number of hydrogen-bond donors (Lipinski definition) is 1. The van der Waals surface area contributed by atoms with E-state index in [1.54, 1.807) is 0 Å². The van der Waals surface area contributed by atoms with Gasteiger partial charge in [0.05, 0.1) is 0 Å². The molecule has 2 atom stereocenters. The molecule has 0 aliphatic heterocycles. The van der Waals surface area contributed by atoms with Crippen LogP contribution in [-0.2, 0) is 0 Å². The van der Waals surface area contributed by atoms with Gasteiger partial charge in [-0.05, 0) is 49.3 Å². The number of nitrogens with one attached hydrogen (secondary N) is 1. The molecule has 0 saturated carbocycles. The Balaban J connectivity index is 2.59. The average molecular weight is 265 g/mol. The fourth-order valence-electron chi connectivity index (χ4n) is 2.32. The number of thioether (sulfide) groups is 1. The van der Waals surface area contributed by atoms with Crippen molar-refractivity contribution in [3.05, 3.63) is 35.9 Å². The van der Waals surface area contributed by atoms with Gasteiger partial charge >= 0.3 is 0 Å². The summed E-state index contributed by atoms with van der Waals surface area (Å²) in [6.45, 7) is 5.71. The minimum Gasteiger partial charge on any atom is -0.310 e. The van der Waals surface area contributed by atoms with Crippen molar-refractivity contribution in [3.63, 3.8) is 0 Å². The predicted molar refractivity (Wildman–Crippen MR) is 84.3 cm³/mol. The number of hydrogen-bond acceptors (Lipinski definition) is 2. The van der Waals surface area contributed by atoms with Crippen LogP contribution in [0.25, 0.3) is 0 Å². The molecule has 1 N–H and O–H groups in total. The summed E-state index contributed by atoms with van der Waals surface area (Å²) in [6.07, 6.45) is 6.01. The standard InChI is InChI=1S/C16H27NS/c1-4-12-17-16(14(2)9-8-13-18-3)15-10-6-5-7-11-15/h5-7,10-11,14,16-17H,4,8-9,12-13H2,1-3H3. The van der Waals surface area contributed by atoms with Gasteiger partial charge in [-0.25, -0.2) is 0 Å². The zero-order valence-electron chi connectivity index (χ0n) is 12.0. The van der Waals surface area contributed by atoms with E-state index in [-0.39, 0.29) is 0 Å². The highest BCUT2D eigenvalue weighted by atomic mass is 32.2. The average Bonchev–Trinajstić information content (AvgIpc) is 2.41. The van der Waals surface area contributed by atoms with E-state index in [0.29, 0.717) is 12.0 Å². The molecule has 18 heavy (non-hydrogen) atoms. The Bertz CT molecular complexity index is 299. The second-order valence-corrected chi connectivity index (χ2v) is 5.94. The minimum absolute atomic E-state index is 0.507. The van der Waals surface area contributed by atoms with E-state index in [1.165, 1.54) is 30.6 Å². The van der Waals surface area contributed by atoms with Crippen LogP contribution in [0.1, 0.15) is 44.7 Å². The van der Waals surface area contributed by atoms with Crippen molar-refractivity contribution in [1.82, 2.24) is 5.32 Å². The Kier molecular flexibility index (Phi) is 8.19. The molecule has 2 heteroatoms. The summed E-state index contributed by atoms with van der Waals surface area (Å²) in [5.74, 6) is 1.98. The molecule has 0 fully saturated rings. The summed E-state index contributed by atoms with van der Waals surface area (Å²) < 4.78 is 0. The Hall–Kier alpha value is -0.470. The summed E-state index contributed by atoms with van der Waals surface area (Å²) in [4.78, 5) is 0. The van der Waals surface area contributed by atoms with Crippen LogP contribution < -0.4 is 5.32 Å². The Labute approximate surface area is 117 Å². The lowest BCUT2D eigenvalue weighted by molar-refractivity contribution is 0.364. The summed E-state index contributed by atoms with van der Waals surface area (Å²) in [5.41, 5.74) is 1.43. The second kappa shape index (κ2) is 9.46. The minimum atomic E-state index is 0.507. The lowest BCUT2D eigenvalue weighted by Crippen LogP contribution is -2.27. The van der Waals surface area contributed by atoms with Gasteiger partial charge in [0.15, 0.2) is 0 Å². The van der Waals surface area contributed by atoms with Gasteiger partial charge in [0.2, 0.25) is 0 Å². The molecule has 1 rings (SSSR count). The molecule has 0 heterocycles. The van der Waals surface area contributed by atoms with Crippen LogP contribution in [0.4, 0.5) is 0 Å². The maximum atomic E-state index is 3.71. The summed E-state index contributed by atoms with van der Waals surface area (Å²) in [6, 6.07) is 11.4. The van der Waals surface area contributed by atoms with Crippen molar-refractivity contribution < 1.29 is 0 Å². The molecule has 2 unspecified atom stereocenters. The lowest BCUT2D eigenvalue weighted by Gasteiger charge is -2.25. The molecule has 0 bridgehead atoms. The van der Waals surface area contributed by atoms with Crippen molar-refractivity contribution >= 4 is 11.8 Å². The Morgan fingerprint density at radius 1 is 1.22 bits per heavy atom. The monoisotopic (exact) mass is 265 g/mol.